The van der Waals surface area contributed by atoms with E-state index in [1.165, 1.54) is 12.0 Å². The summed E-state index contributed by atoms with van der Waals surface area (Å²) >= 11 is 0. The van der Waals surface area contributed by atoms with Crippen LogP contribution in [0.1, 0.15) is 52.0 Å². The van der Waals surface area contributed by atoms with Crippen LogP contribution >= 0.6 is 0 Å². The van der Waals surface area contributed by atoms with Gasteiger partial charge in [-0.05, 0) is 37.2 Å². The number of carbonyl (C=O) groups is 1. The predicted octanol–water partition coefficient (Wildman–Crippen LogP) is 4.40. The first-order valence-corrected chi connectivity index (χ1v) is 6.59. The number of carbonyl (C=O) groups excluding carboxylic acids is 1. The van der Waals surface area contributed by atoms with E-state index in [0.717, 1.165) is 25.7 Å². The van der Waals surface area contributed by atoms with E-state index in [1.54, 1.807) is 6.92 Å². The Bertz CT molecular complexity index is 342. The van der Waals surface area contributed by atoms with Crippen LogP contribution in [0.4, 0.5) is 0 Å². The van der Waals surface area contributed by atoms with Crippen LogP contribution in [-0.4, -0.2) is 5.78 Å². The Hall–Kier alpha value is -1.11. The van der Waals surface area contributed by atoms with E-state index in [1.807, 2.05) is 0 Å². The van der Waals surface area contributed by atoms with Crippen molar-refractivity contribution in [3.8, 4) is 0 Å². The van der Waals surface area contributed by atoms with E-state index in [0.29, 0.717) is 5.78 Å². The molecular formula is C16H24O. The summed E-state index contributed by atoms with van der Waals surface area (Å²) in [5.74, 6) is 0.314. The summed E-state index contributed by atoms with van der Waals surface area (Å²) in [6, 6.07) is 10.6. The first kappa shape index (κ1) is 14.0. The fraction of sp³-hybridized carbons (Fsp3) is 0.562. The van der Waals surface area contributed by atoms with Crippen LogP contribution in [0.2, 0.25) is 0 Å². The van der Waals surface area contributed by atoms with Crippen molar-refractivity contribution in [1.82, 2.24) is 0 Å². The first-order valence-electron chi connectivity index (χ1n) is 6.59. The van der Waals surface area contributed by atoms with E-state index in [9.17, 15) is 4.79 Å². The Morgan fingerprint density at radius 3 is 2.41 bits per heavy atom. The average molecular weight is 232 g/mol. The minimum absolute atomic E-state index is 0.195. The molecule has 17 heavy (non-hydrogen) atoms. The summed E-state index contributed by atoms with van der Waals surface area (Å²) in [7, 11) is 0. The molecule has 0 aliphatic rings. The van der Waals surface area contributed by atoms with Crippen molar-refractivity contribution >= 4 is 5.78 Å². The zero-order chi connectivity index (χ0) is 12.7. The molecule has 0 spiro atoms. The second-order valence-electron chi connectivity index (χ2n) is 5.38. The second-order valence-corrected chi connectivity index (χ2v) is 5.38. The average Bonchev–Trinajstić information content (AvgIpc) is 2.29. The number of rotatable bonds is 7. The summed E-state index contributed by atoms with van der Waals surface area (Å²) in [4.78, 5) is 11.3. The van der Waals surface area contributed by atoms with Gasteiger partial charge < -0.3 is 4.79 Å². The molecule has 0 saturated heterocycles. The highest BCUT2D eigenvalue weighted by molar-refractivity contribution is 5.76. The number of hydrogen-bond donors (Lipinski definition) is 0. The molecule has 0 bridgehead atoms. The van der Waals surface area contributed by atoms with Gasteiger partial charge in [-0.25, -0.2) is 0 Å². The van der Waals surface area contributed by atoms with Gasteiger partial charge in [0.15, 0.2) is 0 Å². The highest BCUT2D eigenvalue weighted by Crippen LogP contribution is 2.32. The third-order valence-electron chi connectivity index (χ3n) is 3.62. The highest BCUT2D eigenvalue weighted by Gasteiger charge is 2.23. The van der Waals surface area contributed by atoms with Gasteiger partial charge in [-0.1, -0.05) is 50.6 Å². The topological polar surface area (TPSA) is 17.1 Å². The molecule has 0 saturated carbocycles. The molecule has 94 valence electrons. The molecule has 0 aliphatic heterocycles. The van der Waals surface area contributed by atoms with Crippen LogP contribution in [0.25, 0.3) is 0 Å². The van der Waals surface area contributed by atoms with Gasteiger partial charge >= 0.3 is 0 Å². The molecule has 0 radical (unpaired) electrons. The van der Waals surface area contributed by atoms with Crippen LogP contribution in [0.5, 0.6) is 0 Å². The quantitative estimate of drug-likeness (QED) is 0.680. The number of benzene rings is 1. The van der Waals surface area contributed by atoms with Crippen LogP contribution in [0.3, 0.4) is 0 Å². The van der Waals surface area contributed by atoms with E-state index in [-0.39, 0.29) is 5.41 Å². The molecule has 0 fully saturated rings. The smallest absolute Gasteiger partial charge is 0.130 e. The molecule has 1 unspecified atom stereocenters. The zero-order valence-electron chi connectivity index (χ0n) is 11.3. The summed E-state index contributed by atoms with van der Waals surface area (Å²) in [6.45, 7) is 6.12. The predicted molar refractivity (Wildman–Crippen MR) is 73.1 cm³/mol. The largest absolute Gasteiger partial charge is 0.300 e. The van der Waals surface area contributed by atoms with Gasteiger partial charge in [0.25, 0.3) is 0 Å². The number of ketones is 1. The molecule has 0 aliphatic carbocycles. The van der Waals surface area contributed by atoms with Crippen LogP contribution < -0.4 is 0 Å². The van der Waals surface area contributed by atoms with Gasteiger partial charge in [-0.3, -0.25) is 0 Å². The molecule has 0 aromatic heterocycles. The molecule has 0 amide bonds. The number of aryl methyl sites for hydroxylation is 1. The van der Waals surface area contributed by atoms with Crippen LogP contribution in [-0.2, 0) is 11.2 Å². The maximum Gasteiger partial charge on any atom is 0.130 e. The van der Waals surface area contributed by atoms with E-state index >= 15 is 0 Å². The lowest BCUT2D eigenvalue weighted by molar-refractivity contribution is -0.119. The number of hydrogen-bond acceptors (Lipinski definition) is 1. The third kappa shape index (κ3) is 5.16. The minimum Gasteiger partial charge on any atom is -0.300 e. The standard InChI is InChI=1S/C16H24O/c1-4-16(3,13-14(2)17)12-8-11-15-9-6-5-7-10-15/h5-7,9-10H,4,8,11-13H2,1-3H3. The Morgan fingerprint density at radius 1 is 1.24 bits per heavy atom. The SMILES string of the molecule is CCC(C)(CCCc1ccccc1)CC(C)=O. The Balaban J connectivity index is 2.40. The lowest BCUT2D eigenvalue weighted by Crippen LogP contribution is -2.19. The van der Waals surface area contributed by atoms with Gasteiger partial charge in [0.1, 0.15) is 5.78 Å². The van der Waals surface area contributed by atoms with Crippen molar-refractivity contribution in [1.29, 1.82) is 0 Å². The normalized spacial score (nSPS) is 14.3. The van der Waals surface area contributed by atoms with Gasteiger partial charge in [-0.15, -0.1) is 0 Å². The van der Waals surface area contributed by atoms with Crippen molar-refractivity contribution in [3.63, 3.8) is 0 Å². The Kier molecular flexibility index (Phi) is 5.40. The van der Waals surface area contributed by atoms with Gasteiger partial charge in [0.2, 0.25) is 0 Å². The van der Waals surface area contributed by atoms with Gasteiger partial charge in [-0.2, -0.15) is 0 Å². The van der Waals surface area contributed by atoms with Crippen molar-refractivity contribution in [3.05, 3.63) is 35.9 Å². The molecule has 1 nitrogen and oxygen atoms in total. The van der Waals surface area contributed by atoms with Crippen LogP contribution in [0.15, 0.2) is 30.3 Å². The number of Topliss-reactive ketones (excluding diaryl/α,β-unsaturated/α-hetero) is 1. The monoisotopic (exact) mass is 232 g/mol. The van der Waals surface area contributed by atoms with E-state index in [4.69, 9.17) is 0 Å². The Morgan fingerprint density at radius 2 is 1.88 bits per heavy atom. The maximum absolute atomic E-state index is 11.3. The Labute approximate surface area is 105 Å². The van der Waals surface area contributed by atoms with E-state index < -0.39 is 0 Å². The molecule has 0 N–H and O–H groups in total. The summed E-state index contributed by atoms with van der Waals surface area (Å²) in [6.07, 6.45) is 5.23. The molecule has 1 heteroatoms. The van der Waals surface area contributed by atoms with Gasteiger partial charge in [0.05, 0.1) is 0 Å². The fourth-order valence-corrected chi connectivity index (χ4v) is 2.36. The van der Waals surface area contributed by atoms with Crippen molar-refractivity contribution in [2.75, 3.05) is 0 Å². The fourth-order valence-electron chi connectivity index (χ4n) is 2.36. The lowest BCUT2D eigenvalue weighted by atomic mass is 9.78. The molecule has 1 rings (SSSR count). The van der Waals surface area contributed by atoms with Crippen molar-refractivity contribution < 1.29 is 4.79 Å². The third-order valence-corrected chi connectivity index (χ3v) is 3.62. The zero-order valence-corrected chi connectivity index (χ0v) is 11.3. The van der Waals surface area contributed by atoms with E-state index in [2.05, 4.69) is 44.2 Å². The first-order chi connectivity index (χ1) is 8.06. The maximum atomic E-state index is 11.3. The van der Waals surface area contributed by atoms with Crippen LogP contribution in [0, 0.1) is 5.41 Å². The van der Waals surface area contributed by atoms with Crippen molar-refractivity contribution in [2.24, 2.45) is 5.41 Å². The van der Waals surface area contributed by atoms with Gasteiger partial charge in [0, 0.05) is 6.42 Å². The minimum atomic E-state index is 0.195. The second kappa shape index (κ2) is 6.58. The molecule has 1 atom stereocenters. The van der Waals surface area contributed by atoms with Crippen molar-refractivity contribution in [2.45, 2.75) is 52.9 Å². The molecule has 0 heterocycles. The highest BCUT2D eigenvalue weighted by atomic mass is 16.1. The molecule has 1 aromatic carbocycles. The summed E-state index contributed by atoms with van der Waals surface area (Å²) < 4.78 is 0. The molecular weight excluding hydrogens is 208 g/mol. The summed E-state index contributed by atoms with van der Waals surface area (Å²) in [5, 5.41) is 0. The summed E-state index contributed by atoms with van der Waals surface area (Å²) in [5.41, 5.74) is 1.59. The molecule has 1 aromatic rings. The lowest BCUT2D eigenvalue weighted by Gasteiger charge is -2.27.